The second-order valence-corrected chi connectivity index (χ2v) is 6.16. The molecular weight excluding hydrogens is 308 g/mol. The van der Waals surface area contributed by atoms with Gasteiger partial charge < -0.3 is 5.11 Å². The Balaban J connectivity index is 2.35. The van der Waals surface area contributed by atoms with E-state index in [1.807, 2.05) is 37.3 Å². The zero-order chi connectivity index (χ0) is 11.7. The molecule has 0 aliphatic heterocycles. The van der Waals surface area contributed by atoms with Gasteiger partial charge in [-0.3, -0.25) is 0 Å². The highest BCUT2D eigenvalue weighted by Gasteiger charge is 2.14. The van der Waals surface area contributed by atoms with E-state index in [9.17, 15) is 5.11 Å². The van der Waals surface area contributed by atoms with Crippen LogP contribution in [0.5, 0.6) is 0 Å². The first-order valence-electron chi connectivity index (χ1n) is 4.77. The van der Waals surface area contributed by atoms with E-state index in [1.165, 1.54) is 11.3 Å². The quantitative estimate of drug-likeness (QED) is 0.861. The van der Waals surface area contributed by atoms with E-state index in [2.05, 4.69) is 15.9 Å². The van der Waals surface area contributed by atoms with Crippen LogP contribution in [0.1, 0.15) is 22.1 Å². The Morgan fingerprint density at radius 1 is 1.38 bits per heavy atom. The summed E-state index contributed by atoms with van der Waals surface area (Å²) in [4.78, 5) is 0.876. The minimum absolute atomic E-state index is 0.603. The maximum absolute atomic E-state index is 10.2. The Morgan fingerprint density at radius 3 is 2.69 bits per heavy atom. The van der Waals surface area contributed by atoms with Crippen molar-refractivity contribution < 1.29 is 5.11 Å². The Labute approximate surface area is 112 Å². The van der Waals surface area contributed by atoms with Crippen LogP contribution in [-0.4, -0.2) is 5.11 Å². The molecular formula is C12H10BrClOS. The standard InChI is InChI=1S/C12H10BrClOS/c1-7-5-10(16-12(7)14)11(15)8-3-2-4-9(13)6-8/h2-6,11,15H,1H3. The summed E-state index contributed by atoms with van der Waals surface area (Å²) in [5, 5.41) is 10.2. The average Bonchev–Trinajstić information content (AvgIpc) is 2.58. The Morgan fingerprint density at radius 2 is 2.12 bits per heavy atom. The first kappa shape index (κ1) is 12.1. The number of aryl methyl sites for hydroxylation is 1. The normalized spacial score (nSPS) is 12.8. The molecule has 0 bridgehead atoms. The van der Waals surface area contributed by atoms with Crippen molar-refractivity contribution in [2.24, 2.45) is 0 Å². The topological polar surface area (TPSA) is 20.2 Å². The van der Waals surface area contributed by atoms with Crippen LogP contribution in [0.2, 0.25) is 4.34 Å². The molecule has 2 aromatic rings. The molecule has 1 N–H and O–H groups in total. The van der Waals surface area contributed by atoms with Gasteiger partial charge in [-0.25, -0.2) is 0 Å². The molecule has 2 rings (SSSR count). The lowest BCUT2D eigenvalue weighted by Gasteiger charge is -2.08. The lowest BCUT2D eigenvalue weighted by Crippen LogP contribution is -1.96. The molecule has 1 atom stereocenters. The van der Waals surface area contributed by atoms with E-state index >= 15 is 0 Å². The summed E-state index contributed by atoms with van der Waals surface area (Å²) in [5.41, 5.74) is 1.88. The van der Waals surface area contributed by atoms with Gasteiger partial charge in [0.25, 0.3) is 0 Å². The van der Waals surface area contributed by atoms with Crippen LogP contribution in [0.15, 0.2) is 34.8 Å². The van der Waals surface area contributed by atoms with Gasteiger partial charge in [-0.1, -0.05) is 39.7 Å². The molecule has 4 heteroatoms. The summed E-state index contributed by atoms with van der Waals surface area (Å²) in [5.74, 6) is 0. The first-order valence-corrected chi connectivity index (χ1v) is 6.76. The molecule has 1 aromatic heterocycles. The molecule has 0 aliphatic carbocycles. The lowest BCUT2D eigenvalue weighted by molar-refractivity contribution is 0.224. The van der Waals surface area contributed by atoms with Crippen molar-refractivity contribution in [3.8, 4) is 0 Å². The highest BCUT2D eigenvalue weighted by Crippen LogP contribution is 2.34. The van der Waals surface area contributed by atoms with Gasteiger partial charge in [0.15, 0.2) is 0 Å². The van der Waals surface area contributed by atoms with Crippen LogP contribution in [0, 0.1) is 6.92 Å². The zero-order valence-corrected chi connectivity index (χ0v) is 11.7. The maximum Gasteiger partial charge on any atom is 0.113 e. The van der Waals surface area contributed by atoms with Crippen LogP contribution >= 0.6 is 38.9 Å². The monoisotopic (exact) mass is 316 g/mol. The van der Waals surface area contributed by atoms with Crippen molar-refractivity contribution in [1.29, 1.82) is 0 Å². The predicted molar refractivity (Wildman–Crippen MR) is 72.3 cm³/mol. The SMILES string of the molecule is Cc1cc(C(O)c2cccc(Br)c2)sc1Cl. The number of rotatable bonds is 2. The highest BCUT2D eigenvalue weighted by molar-refractivity contribution is 9.10. The van der Waals surface area contributed by atoms with Crippen LogP contribution in [0.4, 0.5) is 0 Å². The van der Waals surface area contributed by atoms with E-state index in [4.69, 9.17) is 11.6 Å². The van der Waals surface area contributed by atoms with Gasteiger partial charge in [0.05, 0.1) is 4.34 Å². The number of aliphatic hydroxyl groups is 1. The van der Waals surface area contributed by atoms with Crippen LogP contribution in [-0.2, 0) is 0 Å². The van der Waals surface area contributed by atoms with Crippen molar-refractivity contribution in [3.63, 3.8) is 0 Å². The molecule has 0 amide bonds. The molecule has 0 fully saturated rings. The molecule has 1 nitrogen and oxygen atoms in total. The van der Waals surface area contributed by atoms with Gasteiger partial charge in [0, 0.05) is 9.35 Å². The van der Waals surface area contributed by atoms with Gasteiger partial charge in [-0.2, -0.15) is 0 Å². The molecule has 0 aliphatic rings. The second kappa shape index (κ2) is 4.88. The lowest BCUT2D eigenvalue weighted by atomic mass is 10.1. The third kappa shape index (κ3) is 2.48. The predicted octanol–water partition coefficient (Wildman–Crippen LogP) is 4.55. The van der Waals surface area contributed by atoms with Crippen molar-refractivity contribution >= 4 is 38.9 Å². The third-order valence-electron chi connectivity index (χ3n) is 2.31. The summed E-state index contributed by atoms with van der Waals surface area (Å²) in [6.45, 7) is 1.94. The first-order chi connectivity index (χ1) is 7.58. The third-order valence-corrected chi connectivity index (χ3v) is 4.41. The van der Waals surface area contributed by atoms with Crippen LogP contribution in [0.25, 0.3) is 0 Å². The fraction of sp³-hybridized carbons (Fsp3) is 0.167. The molecule has 0 saturated carbocycles. The van der Waals surface area contributed by atoms with Gasteiger partial charge >= 0.3 is 0 Å². The van der Waals surface area contributed by atoms with E-state index in [0.29, 0.717) is 0 Å². The largest absolute Gasteiger partial charge is 0.383 e. The fourth-order valence-electron chi connectivity index (χ4n) is 1.46. The van der Waals surface area contributed by atoms with Crippen molar-refractivity contribution in [1.82, 2.24) is 0 Å². The van der Waals surface area contributed by atoms with Gasteiger partial charge in [-0.05, 0) is 36.2 Å². The van der Waals surface area contributed by atoms with Crippen molar-refractivity contribution in [2.75, 3.05) is 0 Å². The summed E-state index contributed by atoms with van der Waals surface area (Å²) < 4.78 is 1.70. The molecule has 84 valence electrons. The van der Waals surface area contributed by atoms with E-state index < -0.39 is 6.10 Å². The van der Waals surface area contributed by atoms with Gasteiger partial charge in [-0.15, -0.1) is 11.3 Å². The maximum atomic E-state index is 10.2. The minimum atomic E-state index is -0.603. The molecule has 1 heterocycles. The van der Waals surface area contributed by atoms with Crippen molar-refractivity contribution in [3.05, 3.63) is 55.1 Å². The summed E-state index contributed by atoms with van der Waals surface area (Å²) in [7, 11) is 0. The molecule has 1 unspecified atom stereocenters. The molecule has 16 heavy (non-hydrogen) atoms. The van der Waals surface area contributed by atoms with E-state index in [1.54, 1.807) is 0 Å². The van der Waals surface area contributed by atoms with Crippen LogP contribution < -0.4 is 0 Å². The van der Waals surface area contributed by atoms with Crippen LogP contribution in [0.3, 0.4) is 0 Å². The summed E-state index contributed by atoms with van der Waals surface area (Å²) >= 11 is 10.8. The molecule has 0 saturated heterocycles. The average molecular weight is 318 g/mol. The smallest absolute Gasteiger partial charge is 0.113 e. The second-order valence-electron chi connectivity index (χ2n) is 3.56. The Kier molecular flexibility index (Phi) is 3.70. The van der Waals surface area contributed by atoms with Gasteiger partial charge in [0.1, 0.15) is 6.10 Å². The molecule has 0 spiro atoms. The Bertz CT molecular complexity index is 490. The number of hydrogen-bond acceptors (Lipinski definition) is 2. The molecule has 0 radical (unpaired) electrons. The Hall–Kier alpha value is -0.350. The number of benzene rings is 1. The van der Waals surface area contributed by atoms with E-state index in [-0.39, 0.29) is 0 Å². The van der Waals surface area contributed by atoms with Crippen molar-refractivity contribution in [2.45, 2.75) is 13.0 Å². The summed E-state index contributed by atoms with van der Waals surface area (Å²) in [6, 6.07) is 9.58. The number of halogens is 2. The fourth-order valence-corrected chi connectivity index (χ4v) is 3.11. The number of thiophene rings is 1. The molecule has 1 aromatic carbocycles. The summed E-state index contributed by atoms with van der Waals surface area (Å²) in [6.07, 6.45) is -0.603. The number of hydrogen-bond donors (Lipinski definition) is 1. The minimum Gasteiger partial charge on any atom is -0.383 e. The zero-order valence-electron chi connectivity index (χ0n) is 8.58. The van der Waals surface area contributed by atoms with Gasteiger partial charge in [0.2, 0.25) is 0 Å². The number of aliphatic hydroxyl groups excluding tert-OH is 1. The van der Waals surface area contributed by atoms with E-state index in [0.717, 1.165) is 24.8 Å². The highest BCUT2D eigenvalue weighted by atomic mass is 79.9.